The van der Waals surface area contributed by atoms with Crippen molar-refractivity contribution in [1.29, 1.82) is 0 Å². The standard InChI is InChI=1S/C22H24BrClN2O3/c1-25(13-14-29-20-4-2-3-19(24)15-20)21(27)17-9-11-26(12-10-17)22(28)16-5-7-18(23)8-6-16/h2-8,15,17H,9-14H2,1H3. The Morgan fingerprint density at radius 2 is 1.86 bits per heavy atom. The number of halogens is 2. The second kappa shape index (κ2) is 10.1. The second-order valence-corrected chi connectivity index (χ2v) is 8.49. The van der Waals surface area contributed by atoms with Gasteiger partial charge in [-0.2, -0.15) is 0 Å². The topological polar surface area (TPSA) is 49.9 Å². The van der Waals surface area contributed by atoms with Crippen molar-refractivity contribution in [2.75, 3.05) is 33.3 Å². The van der Waals surface area contributed by atoms with Crippen LogP contribution in [0.3, 0.4) is 0 Å². The van der Waals surface area contributed by atoms with Crippen molar-refractivity contribution in [3.05, 3.63) is 63.6 Å². The second-order valence-electron chi connectivity index (χ2n) is 7.14. The number of nitrogens with zero attached hydrogens (tertiary/aromatic N) is 2. The summed E-state index contributed by atoms with van der Waals surface area (Å²) in [6.45, 7) is 2.10. The van der Waals surface area contributed by atoms with Crippen LogP contribution in [0.25, 0.3) is 0 Å². The Bertz CT molecular complexity index is 851. The maximum atomic E-state index is 12.7. The van der Waals surface area contributed by atoms with Crippen LogP contribution < -0.4 is 4.74 Å². The van der Waals surface area contributed by atoms with Crippen molar-refractivity contribution in [2.24, 2.45) is 5.92 Å². The summed E-state index contributed by atoms with van der Waals surface area (Å²) in [5, 5.41) is 0.622. The number of hydrogen-bond acceptors (Lipinski definition) is 3. The van der Waals surface area contributed by atoms with Crippen LogP contribution in [-0.2, 0) is 4.79 Å². The highest BCUT2D eigenvalue weighted by molar-refractivity contribution is 9.10. The zero-order valence-electron chi connectivity index (χ0n) is 16.3. The minimum atomic E-state index is -0.0554. The molecule has 0 aromatic heterocycles. The van der Waals surface area contributed by atoms with Crippen LogP contribution in [-0.4, -0.2) is 54.9 Å². The molecule has 0 aliphatic carbocycles. The van der Waals surface area contributed by atoms with Gasteiger partial charge in [-0.1, -0.05) is 33.6 Å². The smallest absolute Gasteiger partial charge is 0.253 e. The molecular weight excluding hydrogens is 456 g/mol. The predicted octanol–water partition coefficient (Wildman–Crippen LogP) is 4.49. The first kappa shape index (κ1) is 21.7. The number of ether oxygens (including phenoxy) is 1. The highest BCUT2D eigenvalue weighted by atomic mass is 79.9. The Kier molecular flexibility index (Phi) is 7.56. The molecule has 154 valence electrons. The maximum Gasteiger partial charge on any atom is 0.253 e. The molecule has 29 heavy (non-hydrogen) atoms. The lowest BCUT2D eigenvalue weighted by Crippen LogP contribution is -2.44. The van der Waals surface area contributed by atoms with Crippen molar-refractivity contribution in [1.82, 2.24) is 9.80 Å². The van der Waals surface area contributed by atoms with Crippen LogP contribution >= 0.6 is 27.5 Å². The van der Waals surface area contributed by atoms with E-state index in [0.29, 0.717) is 55.4 Å². The number of piperidine rings is 1. The fourth-order valence-corrected chi connectivity index (χ4v) is 3.83. The van der Waals surface area contributed by atoms with Crippen LogP contribution in [0.1, 0.15) is 23.2 Å². The first-order valence-corrected chi connectivity index (χ1v) is 10.8. The average Bonchev–Trinajstić information content (AvgIpc) is 2.73. The predicted molar refractivity (Wildman–Crippen MR) is 117 cm³/mol. The van der Waals surface area contributed by atoms with Crippen molar-refractivity contribution < 1.29 is 14.3 Å². The molecule has 0 N–H and O–H groups in total. The average molecular weight is 480 g/mol. The number of carbonyl (C=O) groups is 2. The Balaban J connectivity index is 1.44. The molecule has 2 aromatic rings. The number of amides is 2. The lowest BCUT2D eigenvalue weighted by atomic mass is 9.95. The van der Waals surface area contributed by atoms with Crippen LogP contribution in [0.2, 0.25) is 5.02 Å². The molecule has 2 aromatic carbocycles. The van der Waals surface area contributed by atoms with E-state index in [2.05, 4.69) is 15.9 Å². The van der Waals surface area contributed by atoms with E-state index in [-0.39, 0.29) is 17.7 Å². The summed E-state index contributed by atoms with van der Waals surface area (Å²) in [4.78, 5) is 28.9. The summed E-state index contributed by atoms with van der Waals surface area (Å²) in [5.41, 5.74) is 0.674. The normalized spacial score (nSPS) is 14.5. The summed E-state index contributed by atoms with van der Waals surface area (Å²) in [6, 6.07) is 14.6. The van der Waals surface area contributed by atoms with E-state index in [9.17, 15) is 9.59 Å². The van der Waals surface area contributed by atoms with E-state index in [4.69, 9.17) is 16.3 Å². The van der Waals surface area contributed by atoms with E-state index in [0.717, 1.165) is 4.47 Å². The number of benzene rings is 2. The Morgan fingerprint density at radius 3 is 2.52 bits per heavy atom. The molecule has 5 nitrogen and oxygen atoms in total. The molecule has 3 rings (SSSR count). The van der Waals surface area contributed by atoms with Crippen molar-refractivity contribution >= 4 is 39.3 Å². The molecule has 7 heteroatoms. The summed E-state index contributed by atoms with van der Waals surface area (Å²) < 4.78 is 6.61. The third kappa shape index (κ3) is 5.97. The Labute approximate surface area is 184 Å². The fourth-order valence-electron chi connectivity index (χ4n) is 3.38. The number of carbonyl (C=O) groups excluding carboxylic acids is 2. The van der Waals surface area contributed by atoms with Crippen LogP contribution in [0.15, 0.2) is 53.0 Å². The van der Waals surface area contributed by atoms with E-state index in [1.807, 2.05) is 41.3 Å². The molecule has 0 atom stereocenters. The minimum absolute atomic E-state index is 0.0201. The summed E-state index contributed by atoms with van der Waals surface area (Å²) in [6.07, 6.45) is 1.36. The highest BCUT2D eigenvalue weighted by Crippen LogP contribution is 2.22. The zero-order valence-corrected chi connectivity index (χ0v) is 18.7. The van der Waals surface area contributed by atoms with E-state index in [1.54, 1.807) is 24.1 Å². The molecule has 2 amide bonds. The van der Waals surface area contributed by atoms with Gasteiger partial charge in [0.25, 0.3) is 5.91 Å². The summed E-state index contributed by atoms with van der Waals surface area (Å²) in [5.74, 6) is 0.764. The molecule has 0 spiro atoms. The summed E-state index contributed by atoms with van der Waals surface area (Å²) >= 11 is 9.32. The Hall–Kier alpha value is -2.05. The van der Waals surface area contributed by atoms with Gasteiger partial charge in [0.15, 0.2) is 0 Å². The van der Waals surface area contributed by atoms with Crippen LogP contribution in [0.4, 0.5) is 0 Å². The molecule has 0 radical (unpaired) electrons. The molecule has 0 unspecified atom stereocenters. The van der Waals surface area contributed by atoms with Gasteiger partial charge in [-0.15, -0.1) is 0 Å². The van der Waals surface area contributed by atoms with Gasteiger partial charge >= 0.3 is 0 Å². The Morgan fingerprint density at radius 1 is 1.17 bits per heavy atom. The summed E-state index contributed by atoms with van der Waals surface area (Å²) in [7, 11) is 1.79. The quantitative estimate of drug-likeness (QED) is 0.613. The molecular formula is C22H24BrClN2O3. The molecule has 1 aliphatic heterocycles. The van der Waals surface area contributed by atoms with E-state index >= 15 is 0 Å². The van der Waals surface area contributed by atoms with Crippen LogP contribution in [0.5, 0.6) is 5.75 Å². The van der Waals surface area contributed by atoms with Crippen molar-refractivity contribution in [3.8, 4) is 5.75 Å². The van der Waals surface area contributed by atoms with Gasteiger partial charge in [0, 0.05) is 41.1 Å². The number of likely N-dealkylation sites (tertiary alicyclic amines) is 1. The lowest BCUT2D eigenvalue weighted by Gasteiger charge is -2.33. The third-order valence-corrected chi connectivity index (χ3v) is 5.85. The molecule has 1 saturated heterocycles. The van der Waals surface area contributed by atoms with Gasteiger partial charge in [0.1, 0.15) is 12.4 Å². The van der Waals surface area contributed by atoms with Gasteiger partial charge in [-0.25, -0.2) is 0 Å². The van der Waals surface area contributed by atoms with Crippen molar-refractivity contribution in [2.45, 2.75) is 12.8 Å². The van der Waals surface area contributed by atoms with Gasteiger partial charge in [-0.3, -0.25) is 9.59 Å². The minimum Gasteiger partial charge on any atom is -0.492 e. The first-order valence-electron chi connectivity index (χ1n) is 9.62. The number of likely N-dealkylation sites (N-methyl/N-ethyl adjacent to an activating group) is 1. The lowest BCUT2D eigenvalue weighted by molar-refractivity contribution is -0.135. The SMILES string of the molecule is CN(CCOc1cccc(Cl)c1)C(=O)C1CCN(C(=O)c2ccc(Br)cc2)CC1. The zero-order chi connectivity index (χ0) is 20.8. The van der Waals surface area contributed by atoms with Gasteiger partial charge < -0.3 is 14.5 Å². The monoisotopic (exact) mass is 478 g/mol. The van der Waals surface area contributed by atoms with Gasteiger partial charge in [0.2, 0.25) is 5.91 Å². The maximum absolute atomic E-state index is 12.7. The molecule has 0 saturated carbocycles. The van der Waals surface area contributed by atoms with E-state index in [1.165, 1.54) is 0 Å². The largest absolute Gasteiger partial charge is 0.492 e. The van der Waals surface area contributed by atoms with Gasteiger partial charge in [0.05, 0.1) is 6.54 Å². The van der Waals surface area contributed by atoms with Crippen molar-refractivity contribution in [3.63, 3.8) is 0 Å². The molecule has 1 heterocycles. The van der Waals surface area contributed by atoms with Gasteiger partial charge in [-0.05, 0) is 55.3 Å². The van der Waals surface area contributed by atoms with E-state index < -0.39 is 0 Å². The highest BCUT2D eigenvalue weighted by Gasteiger charge is 2.29. The molecule has 1 aliphatic rings. The molecule has 0 bridgehead atoms. The third-order valence-electron chi connectivity index (χ3n) is 5.09. The number of rotatable bonds is 6. The fraction of sp³-hybridized carbons (Fsp3) is 0.364. The van der Waals surface area contributed by atoms with Crippen LogP contribution in [0, 0.1) is 5.92 Å². The number of hydrogen-bond donors (Lipinski definition) is 0. The molecule has 1 fully saturated rings. The first-order chi connectivity index (χ1) is 13.9.